The number of carbonyl (C=O) groups excluding carboxylic acids is 1. The molecule has 1 aliphatic carbocycles. The van der Waals surface area contributed by atoms with Crippen molar-refractivity contribution in [1.82, 2.24) is 20.4 Å². The van der Waals surface area contributed by atoms with Crippen molar-refractivity contribution in [2.24, 2.45) is 5.92 Å². The minimum atomic E-state index is -0.564. The largest absolute Gasteiger partial charge is 0.289 e. The normalized spacial score (nSPS) is 20.9. The van der Waals surface area contributed by atoms with E-state index in [1.54, 1.807) is 35.9 Å². The van der Waals surface area contributed by atoms with Crippen LogP contribution in [0, 0.1) is 11.7 Å². The van der Waals surface area contributed by atoms with Gasteiger partial charge in [-0.15, -0.1) is 0 Å². The third-order valence-electron chi connectivity index (χ3n) is 4.72. The van der Waals surface area contributed by atoms with Gasteiger partial charge in [0.1, 0.15) is 11.5 Å². The fourth-order valence-electron chi connectivity index (χ4n) is 3.44. The molecule has 4 rings (SSSR count). The van der Waals surface area contributed by atoms with Crippen LogP contribution in [-0.2, 0) is 4.79 Å². The highest BCUT2D eigenvalue weighted by atomic mass is 35.5. The zero-order valence-electron chi connectivity index (χ0n) is 13.9. The fourth-order valence-corrected chi connectivity index (χ4v) is 3.54. The highest BCUT2D eigenvalue weighted by molar-refractivity contribution is 6.30. The van der Waals surface area contributed by atoms with E-state index in [1.807, 2.05) is 6.07 Å². The molecule has 3 aromatic rings. The maximum Gasteiger partial charge on any atom is 0.247 e. The molecule has 1 fully saturated rings. The lowest BCUT2D eigenvalue weighted by molar-refractivity contribution is -0.130. The maximum absolute atomic E-state index is 14.2. The highest BCUT2D eigenvalue weighted by Gasteiger charge is 2.57. The summed E-state index contributed by atoms with van der Waals surface area (Å²) in [6.45, 7) is 0. The lowest BCUT2D eigenvalue weighted by atomic mass is 10.1. The topological polar surface area (TPSA) is 88.0 Å². The molecular formula is C19H14ClFN4O2. The molecule has 27 heavy (non-hydrogen) atoms. The molecule has 136 valence electrons. The number of amides is 1. The summed E-state index contributed by atoms with van der Waals surface area (Å²) in [5, 5.41) is 9.45. The highest BCUT2D eigenvalue weighted by Crippen LogP contribution is 2.60. The number of hydroxylamine groups is 1. The van der Waals surface area contributed by atoms with E-state index in [1.165, 1.54) is 18.5 Å². The van der Waals surface area contributed by atoms with E-state index in [9.17, 15) is 9.18 Å². The molecule has 0 bridgehead atoms. The molecule has 3 atom stereocenters. The molecule has 8 heteroatoms. The number of nitrogens with one attached hydrogen (secondary N) is 1. The van der Waals surface area contributed by atoms with Crippen LogP contribution in [0.2, 0.25) is 5.02 Å². The molecule has 2 heterocycles. The van der Waals surface area contributed by atoms with Crippen molar-refractivity contribution in [3.63, 3.8) is 0 Å². The Hall–Kier alpha value is -2.90. The third kappa shape index (κ3) is 3.27. The molecule has 1 aliphatic rings. The van der Waals surface area contributed by atoms with Gasteiger partial charge in [-0.25, -0.2) is 19.8 Å². The Labute approximate surface area is 159 Å². The van der Waals surface area contributed by atoms with Gasteiger partial charge in [0.2, 0.25) is 5.91 Å². The first-order chi connectivity index (χ1) is 13.1. The Kier molecular flexibility index (Phi) is 4.55. The van der Waals surface area contributed by atoms with Crippen LogP contribution in [0.15, 0.2) is 55.0 Å². The molecule has 0 saturated heterocycles. The lowest BCUT2D eigenvalue weighted by Gasteiger charge is -2.04. The lowest BCUT2D eigenvalue weighted by Crippen LogP contribution is -2.21. The standard InChI is InChI=1S/C19H14ClFN4O2/c20-11-8-23-18(24-9-11)14-6-5-10(7-22-14)15-16(17(15)19(26)25-27)12-3-1-2-4-13(12)21/h1-9,15-17,27H,(H,25,26)/t15-,16-,17+/m1/s1. The van der Waals surface area contributed by atoms with Crippen molar-refractivity contribution in [1.29, 1.82) is 0 Å². The first-order valence-corrected chi connectivity index (χ1v) is 8.60. The second-order valence-electron chi connectivity index (χ2n) is 6.28. The van der Waals surface area contributed by atoms with E-state index < -0.39 is 11.8 Å². The number of hydrogen-bond acceptors (Lipinski definition) is 5. The number of halogens is 2. The van der Waals surface area contributed by atoms with Crippen LogP contribution in [0.3, 0.4) is 0 Å². The number of nitrogens with zero attached hydrogens (tertiary/aromatic N) is 3. The Balaban J connectivity index is 1.64. The number of carbonyl (C=O) groups is 1. The van der Waals surface area contributed by atoms with Gasteiger partial charge in [-0.1, -0.05) is 35.9 Å². The molecule has 2 aromatic heterocycles. The molecule has 1 saturated carbocycles. The Morgan fingerprint density at radius 1 is 1.04 bits per heavy atom. The summed E-state index contributed by atoms with van der Waals surface area (Å²) < 4.78 is 14.2. The van der Waals surface area contributed by atoms with Crippen LogP contribution in [0.4, 0.5) is 4.39 Å². The number of hydrogen-bond donors (Lipinski definition) is 2. The van der Waals surface area contributed by atoms with Crippen molar-refractivity contribution >= 4 is 17.5 Å². The van der Waals surface area contributed by atoms with Gasteiger partial charge in [0, 0.05) is 30.4 Å². The predicted octanol–water partition coefficient (Wildman–Crippen LogP) is 3.33. The van der Waals surface area contributed by atoms with E-state index in [2.05, 4.69) is 15.0 Å². The van der Waals surface area contributed by atoms with E-state index >= 15 is 0 Å². The van der Waals surface area contributed by atoms with Gasteiger partial charge >= 0.3 is 0 Å². The van der Waals surface area contributed by atoms with Crippen LogP contribution in [-0.4, -0.2) is 26.1 Å². The first kappa shape index (κ1) is 17.5. The molecule has 1 amide bonds. The molecule has 2 N–H and O–H groups in total. The minimum Gasteiger partial charge on any atom is -0.289 e. The molecule has 0 radical (unpaired) electrons. The maximum atomic E-state index is 14.2. The zero-order chi connectivity index (χ0) is 19.0. The third-order valence-corrected chi connectivity index (χ3v) is 4.91. The van der Waals surface area contributed by atoms with Gasteiger partial charge < -0.3 is 0 Å². The van der Waals surface area contributed by atoms with Crippen molar-refractivity contribution in [3.05, 3.63) is 77.0 Å². The van der Waals surface area contributed by atoms with Gasteiger partial charge in [-0.2, -0.15) is 0 Å². The number of benzene rings is 1. The second-order valence-corrected chi connectivity index (χ2v) is 6.71. The van der Waals surface area contributed by atoms with Crippen LogP contribution >= 0.6 is 11.6 Å². The first-order valence-electron chi connectivity index (χ1n) is 8.22. The number of rotatable bonds is 4. The summed E-state index contributed by atoms with van der Waals surface area (Å²) in [4.78, 5) is 24.6. The van der Waals surface area contributed by atoms with Crippen molar-refractivity contribution in [2.45, 2.75) is 11.8 Å². The molecule has 0 unspecified atom stereocenters. The van der Waals surface area contributed by atoms with E-state index in [4.69, 9.17) is 16.8 Å². The Bertz CT molecular complexity index is 982. The van der Waals surface area contributed by atoms with Gasteiger partial charge in [0.15, 0.2) is 5.82 Å². The van der Waals surface area contributed by atoms with Gasteiger partial charge in [-0.3, -0.25) is 15.0 Å². The van der Waals surface area contributed by atoms with Crippen molar-refractivity contribution < 1.29 is 14.4 Å². The summed E-state index contributed by atoms with van der Waals surface area (Å²) >= 11 is 5.79. The fraction of sp³-hybridized carbons (Fsp3) is 0.158. The van der Waals surface area contributed by atoms with E-state index in [-0.39, 0.29) is 17.7 Å². The SMILES string of the molecule is O=C(NO)[C@H]1[C@H](c2ccc(-c3ncc(Cl)cn3)nc2)[C@H]1c1ccccc1F. The summed E-state index contributed by atoms with van der Waals surface area (Å²) in [5.41, 5.74) is 3.45. The Morgan fingerprint density at radius 2 is 1.78 bits per heavy atom. The monoisotopic (exact) mass is 384 g/mol. The van der Waals surface area contributed by atoms with Gasteiger partial charge in [0.25, 0.3) is 0 Å². The number of pyridine rings is 1. The molecule has 6 nitrogen and oxygen atoms in total. The van der Waals surface area contributed by atoms with Gasteiger partial charge in [0.05, 0.1) is 10.9 Å². The van der Waals surface area contributed by atoms with Crippen LogP contribution in [0.1, 0.15) is 23.0 Å². The quantitative estimate of drug-likeness (QED) is 0.532. The second kappa shape index (κ2) is 7.02. The smallest absolute Gasteiger partial charge is 0.247 e. The van der Waals surface area contributed by atoms with Crippen LogP contribution < -0.4 is 5.48 Å². The summed E-state index contributed by atoms with van der Waals surface area (Å²) in [6, 6.07) is 9.88. The summed E-state index contributed by atoms with van der Waals surface area (Å²) in [6.07, 6.45) is 4.59. The molecule has 1 aromatic carbocycles. The van der Waals surface area contributed by atoms with Crippen LogP contribution in [0.25, 0.3) is 11.5 Å². The summed E-state index contributed by atoms with van der Waals surface area (Å²) in [5.74, 6) is -1.69. The van der Waals surface area contributed by atoms with Crippen LogP contribution in [0.5, 0.6) is 0 Å². The predicted molar refractivity (Wildman–Crippen MR) is 95.6 cm³/mol. The molecular weight excluding hydrogens is 371 g/mol. The molecule has 0 aliphatic heterocycles. The van der Waals surface area contributed by atoms with E-state index in [0.717, 1.165) is 5.56 Å². The number of aromatic nitrogens is 3. The minimum absolute atomic E-state index is 0.276. The summed E-state index contributed by atoms with van der Waals surface area (Å²) in [7, 11) is 0. The van der Waals surface area contributed by atoms with Crippen molar-refractivity contribution in [3.8, 4) is 11.5 Å². The molecule has 0 spiro atoms. The van der Waals surface area contributed by atoms with Gasteiger partial charge in [-0.05, 0) is 23.3 Å². The van der Waals surface area contributed by atoms with Crippen molar-refractivity contribution in [2.75, 3.05) is 0 Å². The Morgan fingerprint density at radius 3 is 2.41 bits per heavy atom. The van der Waals surface area contributed by atoms with E-state index in [0.29, 0.717) is 22.1 Å². The average molecular weight is 385 g/mol. The average Bonchev–Trinajstić information content (AvgIpc) is 3.44. The zero-order valence-corrected chi connectivity index (χ0v) is 14.6.